The van der Waals surface area contributed by atoms with E-state index in [0.717, 1.165) is 43.5 Å². The molecule has 2 heterocycles. The topological polar surface area (TPSA) is 69.9 Å². The van der Waals surface area contributed by atoms with Crippen molar-refractivity contribution in [2.45, 2.75) is 32.1 Å². The van der Waals surface area contributed by atoms with Gasteiger partial charge in [-0.1, -0.05) is 6.92 Å². The molecule has 1 aromatic heterocycles. The third-order valence-corrected chi connectivity index (χ3v) is 5.01. The highest BCUT2D eigenvalue weighted by molar-refractivity contribution is 8.00. The Morgan fingerprint density at radius 1 is 1.48 bits per heavy atom. The maximum atomic E-state index is 11.9. The Bertz CT molecular complexity index is 504. The Labute approximate surface area is 142 Å². The van der Waals surface area contributed by atoms with Crippen molar-refractivity contribution in [3.8, 4) is 0 Å². The van der Waals surface area contributed by atoms with Crippen molar-refractivity contribution in [2.24, 2.45) is 4.99 Å². The highest BCUT2D eigenvalue weighted by atomic mass is 32.2. The van der Waals surface area contributed by atoms with Gasteiger partial charge < -0.3 is 20.0 Å². The molecule has 1 aromatic rings. The number of furan rings is 1. The van der Waals surface area contributed by atoms with E-state index in [1.807, 2.05) is 24.8 Å². The summed E-state index contributed by atoms with van der Waals surface area (Å²) in [4.78, 5) is 18.7. The van der Waals surface area contributed by atoms with Gasteiger partial charge >= 0.3 is 0 Å². The van der Waals surface area contributed by atoms with Crippen molar-refractivity contribution < 1.29 is 9.21 Å². The van der Waals surface area contributed by atoms with Crippen LogP contribution in [-0.4, -0.2) is 53.9 Å². The first-order chi connectivity index (χ1) is 11.2. The lowest BCUT2D eigenvalue weighted by Crippen LogP contribution is -2.48. The summed E-state index contributed by atoms with van der Waals surface area (Å²) in [5.41, 5.74) is 0. The van der Waals surface area contributed by atoms with Crippen molar-refractivity contribution in [3.63, 3.8) is 0 Å². The Hall–Kier alpha value is -1.63. The lowest BCUT2D eigenvalue weighted by Gasteiger charge is -2.34. The van der Waals surface area contributed by atoms with Gasteiger partial charge in [0, 0.05) is 30.6 Å². The molecule has 2 N–H and O–H groups in total. The molecule has 1 aliphatic heterocycles. The number of nitrogens with zero attached hydrogens (tertiary/aromatic N) is 2. The Morgan fingerprint density at radius 2 is 2.35 bits per heavy atom. The Morgan fingerprint density at radius 3 is 3.04 bits per heavy atom. The van der Waals surface area contributed by atoms with Gasteiger partial charge in [-0.25, -0.2) is 4.99 Å². The summed E-state index contributed by atoms with van der Waals surface area (Å²) in [6, 6.07) is 3.64. The van der Waals surface area contributed by atoms with Crippen LogP contribution < -0.4 is 10.6 Å². The van der Waals surface area contributed by atoms with Crippen LogP contribution in [0.25, 0.3) is 0 Å². The third kappa shape index (κ3) is 5.82. The molecular formula is C16H26N4O2S. The van der Waals surface area contributed by atoms with Gasteiger partial charge in [0.15, 0.2) is 5.96 Å². The molecule has 0 aliphatic carbocycles. The monoisotopic (exact) mass is 338 g/mol. The summed E-state index contributed by atoms with van der Waals surface area (Å²) >= 11 is 2.02. The average molecular weight is 338 g/mol. The van der Waals surface area contributed by atoms with Crippen LogP contribution >= 0.6 is 11.8 Å². The smallest absolute Gasteiger partial charge is 0.242 e. The molecule has 0 saturated carbocycles. The molecule has 1 unspecified atom stereocenters. The molecule has 1 amide bonds. The van der Waals surface area contributed by atoms with Crippen LogP contribution in [0.15, 0.2) is 27.8 Å². The molecular weight excluding hydrogens is 312 g/mol. The van der Waals surface area contributed by atoms with Crippen molar-refractivity contribution in [3.05, 3.63) is 24.2 Å². The van der Waals surface area contributed by atoms with E-state index in [0.29, 0.717) is 11.8 Å². The van der Waals surface area contributed by atoms with E-state index in [-0.39, 0.29) is 12.5 Å². The summed E-state index contributed by atoms with van der Waals surface area (Å²) in [5.74, 6) is 2.58. The van der Waals surface area contributed by atoms with Crippen LogP contribution in [-0.2, 0) is 11.3 Å². The quantitative estimate of drug-likeness (QED) is 0.610. The van der Waals surface area contributed by atoms with Crippen LogP contribution in [0.1, 0.15) is 26.0 Å². The molecule has 23 heavy (non-hydrogen) atoms. The standard InChI is InChI=1S/C16H26N4O2S/c1-3-14-12-20(7-9-23-14)16(17-4-2)19-11-15(21)18-10-13-6-5-8-22-13/h5-6,8,14H,3-4,7,9-12H2,1-2H3,(H,17,19)(H,18,21). The normalized spacial score (nSPS) is 18.8. The summed E-state index contributed by atoms with van der Waals surface area (Å²) in [5, 5.41) is 6.74. The minimum absolute atomic E-state index is 0.102. The molecule has 6 nitrogen and oxygen atoms in total. The van der Waals surface area contributed by atoms with Crippen molar-refractivity contribution in [2.75, 3.05) is 31.9 Å². The molecule has 1 saturated heterocycles. The second-order valence-corrected chi connectivity index (χ2v) is 6.78. The van der Waals surface area contributed by atoms with E-state index in [4.69, 9.17) is 4.42 Å². The largest absolute Gasteiger partial charge is 0.467 e. The molecule has 1 aliphatic rings. The number of thioether (sulfide) groups is 1. The zero-order valence-electron chi connectivity index (χ0n) is 13.9. The molecule has 0 aromatic carbocycles. The number of carbonyl (C=O) groups is 1. The fourth-order valence-corrected chi connectivity index (χ4v) is 3.57. The van der Waals surface area contributed by atoms with Crippen LogP contribution in [0.2, 0.25) is 0 Å². The molecule has 0 bridgehead atoms. The lowest BCUT2D eigenvalue weighted by molar-refractivity contribution is -0.119. The van der Waals surface area contributed by atoms with Crippen LogP contribution in [0.3, 0.4) is 0 Å². The summed E-state index contributed by atoms with van der Waals surface area (Å²) in [6.45, 7) is 7.55. The molecule has 0 spiro atoms. The number of guanidine groups is 1. The van der Waals surface area contributed by atoms with E-state index in [1.54, 1.807) is 12.3 Å². The van der Waals surface area contributed by atoms with Crippen molar-refractivity contribution in [1.82, 2.24) is 15.5 Å². The van der Waals surface area contributed by atoms with E-state index in [2.05, 4.69) is 27.4 Å². The minimum Gasteiger partial charge on any atom is -0.467 e. The van der Waals surface area contributed by atoms with Gasteiger partial charge in [0.25, 0.3) is 0 Å². The number of hydrogen-bond donors (Lipinski definition) is 2. The summed E-state index contributed by atoms with van der Waals surface area (Å²) in [7, 11) is 0. The SMILES string of the molecule is CCNC(=NCC(=O)NCc1ccco1)N1CCSC(CC)C1. The predicted octanol–water partition coefficient (Wildman–Crippen LogP) is 1.69. The van der Waals surface area contributed by atoms with Gasteiger partial charge in [-0.15, -0.1) is 0 Å². The second-order valence-electron chi connectivity index (χ2n) is 5.37. The first kappa shape index (κ1) is 17.7. The maximum absolute atomic E-state index is 11.9. The average Bonchev–Trinajstić information content (AvgIpc) is 3.10. The third-order valence-electron chi connectivity index (χ3n) is 3.64. The minimum atomic E-state index is -0.102. The number of rotatable bonds is 6. The Balaban J connectivity index is 1.85. The molecule has 1 atom stereocenters. The molecule has 0 radical (unpaired) electrons. The number of amides is 1. The first-order valence-corrected chi connectivity index (χ1v) is 9.21. The molecule has 2 rings (SSSR count). The molecule has 1 fully saturated rings. The van der Waals surface area contributed by atoms with Gasteiger partial charge in [0.05, 0.1) is 12.8 Å². The summed E-state index contributed by atoms with van der Waals surface area (Å²) in [6.07, 6.45) is 2.76. The van der Waals surface area contributed by atoms with E-state index in [1.165, 1.54) is 0 Å². The van der Waals surface area contributed by atoms with Gasteiger partial charge in [0.2, 0.25) is 5.91 Å². The Kier molecular flexibility index (Phi) is 7.32. The van der Waals surface area contributed by atoms with Crippen LogP contribution in [0, 0.1) is 0 Å². The van der Waals surface area contributed by atoms with Gasteiger partial charge in [-0.05, 0) is 25.5 Å². The van der Waals surface area contributed by atoms with Gasteiger partial charge in [0.1, 0.15) is 12.3 Å². The van der Waals surface area contributed by atoms with E-state index < -0.39 is 0 Å². The fraction of sp³-hybridized carbons (Fsp3) is 0.625. The highest BCUT2D eigenvalue weighted by Crippen LogP contribution is 2.20. The summed E-state index contributed by atoms with van der Waals surface area (Å²) < 4.78 is 5.19. The van der Waals surface area contributed by atoms with E-state index >= 15 is 0 Å². The van der Waals surface area contributed by atoms with E-state index in [9.17, 15) is 4.79 Å². The highest BCUT2D eigenvalue weighted by Gasteiger charge is 2.21. The van der Waals surface area contributed by atoms with Crippen LogP contribution in [0.4, 0.5) is 0 Å². The van der Waals surface area contributed by atoms with Crippen LogP contribution in [0.5, 0.6) is 0 Å². The second kappa shape index (κ2) is 9.50. The number of aliphatic imine (C=N–C) groups is 1. The predicted molar refractivity (Wildman–Crippen MR) is 94.6 cm³/mol. The zero-order chi connectivity index (χ0) is 16.5. The zero-order valence-corrected chi connectivity index (χ0v) is 14.7. The molecule has 128 valence electrons. The molecule has 7 heteroatoms. The van der Waals surface area contributed by atoms with Crippen molar-refractivity contribution in [1.29, 1.82) is 0 Å². The number of carbonyl (C=O) groups excluding carboxylic acids is 1. The van der Waals surface area contributed by atoms with Gasteiger partial charge in [-0.2, -0.15) is 11.8 Å². The number of nitrogens with one attached hydrogen (secondary N) is 2. The number of hydrogen-bond acceptors (Lipinski definition) is 4. The maximum Gasteiger partial charge on any atom is 0.242 e. The van der Waals surface area contributed by atoms with Gasteiger partial charge in [-0.3, -0.25) is 4.79 Å². The van der Waals surface area contributed by atoms with Crippen molar-refractivity contribution >= 4 is 23.6 Å². The first-order valence-electron chi connectivity index (χ1n) is 8.16. The fourth-order valence-electron chi connectivity index (χ4n) is 2.39. The lowest BCUT2D eigenvalue weighted by atomic mass is 10.3.